The van der Waals surface area contributed by atoms with Gasteiger partial charge in [0.25, 0.3) is 0 Å². The molecule has 168 valence electrons. The second kappa shape index (κ2) is 11.7. The number of fused-ring (bicyclic) bond motifs is 1. The van der Waals surface area contributed by atoms with Crippen LogP contribution in [-0.4, -0.2) is 67.2 Å². The molecule has 0 spiro atoms. The van der Waals surface area contributed by atoms with E-state index in [0.29, 0.717) is 6.54 Å². The molecule has 1 fully saturated rings. The van der Waals surface area contributed by atoms with Gasteiger partial charge >= 0.3 is 0 Å². The number of methoxy groups -OCH3 is 1. The average molecular weight is 556 g/mol. The smallest absolute Gasteiger partial charge is 0.193 e. The van der Waals surface area contributed by atoms with Crippen LogP contribution in [0, 0.1) is 0 Å². The zero-order valence-corrected chi connectivity index (χ0v) is 20.9. The van der Waals surface area contributed by atoms with Gasteiger partial charge in [-0.05, 0) is 17.7 Å². The molecule has 8 nitrogen and oxygen atoms in total. The van der Waals surface area contributed by atoms with Gasteiger partial charge in [-0.2, -0.15) is 0 Å². The zero-order chi connectivity index (χ0) is 20.8. The molecule has 4 rings (SSSR count). The van der Waals surface area contributed by atoms with E-state index in [0.717, 1.165) is 55.2 Å². The first kappa shape index (κ1) is 23.8. The van der Waals surface area contributed by atoms with E-state index in [4.69, 9.17) is 9.47 Å². The summed E-state index contributed by atoms with van der Waals surface area (Å²) in [5, 5.41) is 8.89. The van der Waals surface area contributed by atoms with Crippen LogP contribution in [0.5, 0.6) is 5.75 Å². The van der Waals surface area contributed by atoms with Crippen molar-refractivity contribution in [3.05, 3.63) is 53.3 Å². The van der Waals surface area contributed by atoms with E-state index in [2.05, 4.69) is 37.6 Å². The van der Waals surface area contributed by atoms with Gasteiger partial charge in [0.15, 0.2) is 10.9 Å². The van der Waals surface area contributed by atoms with Crippen molar-refractivity contribution in [3.8, 4) is 5.75 Å². The lowest BCUT2D eigenvalue weighted by Crippen LogP contribution is -2.46. The molecule has 1 unspecified atom stereocenters. The van der Waals surface area contributed by atoms with Gasteiger partial charge in [-0.25, -0.2) is 4.98 Å². The van der Waals surface area contributed by atoms with Crippen LogP contribution in [-0.2, 0) is 11.3 Å². The number of imidazole rings is 1. The Morgan fingerprint density at radius 2 is 2.03 bits per heavy atom. The molecule has 1 aromatic carbocycles. The number of thiazole rings is 1. The first-order chi connectivity index (χ1) is 14.8. The van der Waals surface area contributed by atoms with Gasteiger partial charge in [-0.1, -0.05) is 12.1 Å². The van der Waals surface area contributed by atoms with Crippen molar-refractivity contribution in [3.63, 3.8) is 0 Å². The molecule has 0 radical (unpaired) electrons. The highest BCUT2D eigenvalue weighted by Gasteiger charge is 2.23. The molecule has 1 aliphatic rings. The first-order valence-electron chi connectivity index (χ1n) is 10.1. The van der Waals surface area contributed by atoms with E-state index in [1.807, 2.05) is 34.3 Å². The fourth-order valence-corrected chi connectivity index (χ4v) is 4.34. The highest BCUT2D eigenvalue weighted by molar-refractivity contribution is 14.0. The fraction of sp³-hybridized carbons (Fsp3) is 0.429. The molecule has 1 aliphatic heterocycles. The maximum absolute atomic E-state index is 5.55. The molecule has 2 N–H and O–H groups in total. The number of guanidine groups is 1. The van der Waals surface area contributed by atoms with Gasteiger partial charge < -0.3 is 20.1 Å². The molecule has 3 heterocycles. The number of benzene rings is 1. The highest BCUT2D eigenvalue weighted by atomic mass is 127. The minimum atomic E-state index is 0. The van der Waals surface area contributed by atoms with Gasteiger partial charge in [-0.3, -0.25) is 14.3 Å². The van der Waals surface area contributed by atoms with Crippen LogP contribution in [0.15, 0.2) is 47.0 Å². The number of hydrogen-bond donors (Lipinski definition) is 2. The number of aliphatic imine (C=N–C) groups is 1. The lowest BCUT2D eigenvalue weighted by atomic mass is 10.0. The number of rotatable bonds is 7. The third-order valence-corrected chi connectivity index (χ3v) is 6.02. The van der Waals surface area contributed by atoms with Gasteiger partial charge in [-0.15, -0.1) is 35.3 Å². The largest absolute Gasteiger partial charge is 0.497 e. The summed E-state index contributed by atoms with van der Waals surface area (Å²) >= 11 is 1.63. The van der Waals surface area contributed by atoms with E-state index in [9.17, 15) is 0 Å². The van der Waals surface area contributed by atoms with Crippen LogP contribution in [0.4, 0.5) is 0 Å². The van der Waals surface area contributed by atoms with Crippen molar-refractivity contribution in [2.24, 2.45) is 4.99 Å². The third kappa shape index (κ3) is 6.09. The zero-order valence-electron chi connectivity index (χ0n) is 17.8. The molecule has 10 heteroatoms. The SMILES string of the molecule is CN=C(NCc1cn2ccsc2n1)NCC(c1ccc(OC)cc1)N1CCOCC1.I. The van der Waals surface area contributed by atoms with Crippen LogP contribution in [0.2, 0.25) is 0 Å². The molecular weight excluding hydrogens is 527 g/mol. The lowest BCUT2D eigenvalue weighted by molar-refractivity contribution is 0.0170. The Bertz CT molecular complexity index is 939. The third-order valence-electron chi connectivity index (χ3n) is 5.25. The number of halogens is 1. The Morgan fingerprint density at radius 1 is 1.26 bits per heavy atom. The predicted molar refractivity (Wildman–Crippen MR) is 135 cm³/mol. The summed E-state index contributed by atoms with van der Waals surface area (Å²) in [6.45, 7) is 4.71. The number of hydrogen-bond acceptors (Lipinski definition) is 6. The summed E-state index contributed by atoms with van der Waals surface area (Å²) in [7, 11) is 3.48. The molecule has 1 atom stereocenters. The molecule has 0 saturated carbocycles. The molecule has 1 saturated heterocycles. The van der Waals surface area contributed by atoms with E-state index >= 15 is 0 Å². The van der Waals surface area contributed by atoms with Crippen molar-refractivity contribution >= 4 is 46.2 Å². The quantitative estimate of drug-likeness (QED) is 0.265. The van der Waals surface area contributed by atoms with Crippen molar-refractivity contribution < 1.29 is 9.47 Å². The van der Waals surface area contributed by atoms with Crippen LogP contribution in [0.1, 0.15) is 17.3 Å². The van der Waals surface area contributed by atoms with Crippen LogP contribution in [0.3, 0.4) is 0 Å². The van der Waals surface area contributed by atoms with E-state index in [1.165, 1.54) is 5.56 Å². The summed E-state index contributed by atoms with van der Waals surface area (Å²) < 4.78 is 12.9. The Balaban J connectivity index is 0.00000272. The minimum absolute atomic E-state index is 0. The maximum atomic E-state index is 5.55. The van der Waals surface area contributed by atoms with Gasteiger partial charge in [0, 0.05) is 44.5 Å². The number of ether oxygens (including phenoxy) is 2. The Morgan fingerprint density at radius 3 is 2.71 bits per heavy atom. The molecule has 2 aromatic heterocycles. The molecule has 0 bridgehead atoms. The Kier molecular flexibility index (Phi) is 8.93. The highest BCUT2D eigenvalue weighted by Crippen LogP contribution is 2.23. The minimum Gasteiger partial charge on any atom is -0.497 e. The molecular formula is C21H29IN6O2S. The van der Waals surface area contributed by atoms with Crippen molar-refractivity contribution in [1.82, 2.24) is 24.9 Å². The molecule has 0 amide bonds. The lowest BCUT2D eigenvalue weighted by Gasteiger charge is -2.35. The van der Waals surface area contributed by atoms with Gasteiger partial charge in [0.2, 0.25) is 0 Å². The van der Waals surface area contributed by atoms with Crippen molar-refractivity contribution in [2.75, 3.05) is 47.0 Å². The summed E-state index contributed by atoms with van der Waals surface area (Å²) in [5.74, 6) is 1.63. The molecule has 31 heavy (non-hydrogen) atoms. The Labute approximate surface area is 203 Å². The Hall–Kier alpha value is -1.89. The standard InChI is InChI=1S/C21H28N6O2S.HI/c1-22-20(23-13-17-15-27-9-12-30-21(27)25-17)24-14-19(26-7-10-29-11-8-26)16-3-5-18(28-2)6-4-16;/h3-6,9,12,15,19H,7-8,10-11,13-14H2,1-2H3,(H2,22,23,24);1H. The van der Waals surface area contributed by atoms with Crippen LogP contribution in [0.25, 0.3) is 4.96 Å². The summed E-state index contributed by atoms with van der Waals surface area (Å²) in [4.78, 5) is 12.5. The normalized spacial score (nSPS) is 16.0. The summed E-state index contributed by atoms with van der Waals surface area (Å²) in [6.07, 6.45) is 4.06. The predicted octanol–water partition coefficient (Wildman–Crippen LogP) is 2.76. The van der Waals surface area contributed by atoms with Gasteiger partial charge in [0.05, 0.1) is 38.6 Å². The summed E-state index contributed by atoms with van der Waals surface area (Å²) in [5.41, 5.74) is 2.24. The van der Waals surface area contributed by atoms with Crippen LogP contribution >= 0.6 is 35.3 Å². The first-order valence-corrected chi connectivity index (χ1v) is 11.0. The van der Waals surface area contributed by atoms with Crippen molar-refractivity contribution in [2.45, 2.75) is 12.6 Å². The summed E-state index contributed by atoms with van der Waals surface area (Å²) in [6, 6.07) is 8.51. The molecule has 3 aromatic rings. The number of morpholine rings is 1. The van der Waals surface area contributed by atoms with E-state index in [-0.39, 0.29) is 30.0 Å². The number of nitrogens with one attached hydrogen (secondary N) is 2. The van der Waals surface area contributed by atoms with E-state index in [1.54, 1.807) is 25.5 Å². The molecule has 0 aliphatic carbocycles. The number of nitrogens with zero attached hydrogens (tertiary/aromatic N) is 4. The number of aromatic nitrogens is 2. The average Bonchev–Trinajstić information content (AvgIpc) is 3.39. The van der Waals surface area contributed by atoms with E-state index < -0.39 is 0 Å². The fourth-order valence-electron chi connectivity index (χ4n) is 3.62. The second-order valence-corrected chi connectivity index (χ2v) is 7.94. The second-order valence-electron chi connectivity index (χ2n) is 7.07. The van der Waals surface area contributed by atoms with Gasteiger partial charge in [0.1, 0.15) is 5.75 Å². The monoisotopic (exact) mass is 556 g/mol. The van der Waals surface area contributed by atoms with Crippen LogP contribution < -0.4 is 15.4 Å². The van der Waals surface area contributed by atoms with Crippen molar-refractivity contribution in [1.29, 1.82) is 0 Å². The topological polar surface area (TPSA) is 75.4 Å². The maximum Gasteiger partial charge on any atom is 0.193 e.